The van der Waals surface area contributed by atoms with Gasteiger partial charge in [-0.25, -0.2) is 4.98 Å². The molecule has 2 aromatic carbocycles. The number of hydrogen-bond donors (Lipinski definition) is 3. The summed E-state index contributed by atoms with van der Waals surface area (Å²) >= 11 is 0. The van der Waals surface area contributed by atoms with Gasteiger partial charge < -0.3 is 15.6 Å². The highest BCUT2D eigenvalue weighted by Crippen LogP contribution is 2.50. The number of hydrogen-bond acceptors (Lipinski definition) is 4. The number of aromatic nitrogens is 3. The van der Waals surface area contributed by atoms with E-state index in [1.54, 1.807) is 24.4 Å². The van der Waals surface area contributed by atoms with E-state index in [1.165, 1.54) is 19.3 Å². The molecule has 2 heterocycles. The van der Waals surface area contributed by atoms with Crippen LogP contribution in [0.4, 0.5) is 11.4 Å². The minimum atomic E-state index is -0.297. The highest BCUT2D eigenvalue weighted by Gasteiger charge is 2.45. The molecule has 0 aliphatic heterocycles. The van der Waals surface area contributed by atoms with Crippen molar-refractivity contribution in [2.75, 3.05) is 10.6 Å². The van der Waals surface area contributed by atoms with Crippen LogP contribution in [0, 0.1) is 23.2 Å². The van der Waals surface area contributed by atoms with Crippen molar-refractivity contribution in [3.8, 4) is 11.4 Å². The number of amides is 2. The first-order valence-corrected chi connectivity index (χ1v) is 14.5. The fraction of sp³-hybridized carbons (Fsp3) is 0.394. The predicted molar refractivity (Wildman–Crippen MR) is 161 cm³/mol. The van der Waals surface area contributed by atoms with Crippen molar-refractivity contribution in [2.45, 2.75) is 59.8 Å². The number of imidazole rings is 1. The second kappa shape index (κ2) is 11.6. The summed E-state index contributed by atoms with van der Waals surface area (Å²) in [5.41, 5.74) is 4.08. The largest absolute Gasteiger partial charge is 0.338 e. The molecule has 40 heavy (non-hydrogen) atoms. The van der Waals surface area contributed by atoms with Gasteiger partial charge in [-0.05, 0) is 104 Å². The second-order valence-electron chi connectivity index (χ2n) is 11.5. The summed E-state index contributed by atoms with van der Waals surface area (Å²) in [6.45, 7) is 8.50. The Kier molecular flexibility index (Phi) is 8.01. The van der Waals surface area contributed by atoms with Crippen LogP contribution >= 0.6 is 0 Å². The van der Waals surface area contributed by atoms with Gasteiger partial charge in [-0.1, -0.05) is 33.8 Å². The van der Waals surface area contributed by atoms with E-state index in [1.807, 2.05) is 56.3 Å². The predicted octanol–water partition coefficient (Wildman–Crippen LogP) is 7.69. The molecule has 7 nitrogen and oxygen atoms in total. The third kappa shape index (κ3) is 5.93. The molecule has 208 valence electrons. The van der Waals surface area contributed by atoms with Crippen molar-refractivity contribution in [2.24, 2.45) is 23.2 Å². The lowest BCUT2D eigenvalue weighted by Gasteiger charge is -2.46. The third-order valence-electron chi connectivity index (χ3n) is 8.22. The summed E-state index contributed by atoms with van der Waals surface area (Å²) in [4.78, 5) is 37.9. The molecule has 2 atom stereocenters. The number of nitrogens with zero attached hydrogens (tertiary/aromatic N) is 2. The summed E-state index contributed by atoms with van der Waals surface area (Å²) in [6.07, 6.45) is 7.37. The van der Waals surface area contributed by atoms with Gasteiger partial charge in [-0.15, -0.1) is 0 Å². The summed E-state index contributed by atoms with van der Waals surface area (Å²) < 4.78 is 0. The van der Waals surface area contributed by atoms with Crippen LogP contribution in [0.1, 0.15) is 70.3 Å². The van der Waals surface area contributed by atoms with E-state index in [-0.39, 0.29) is 17.2 Å². The molecule has 2 aliphatic rings. The average Bonchev–Trinajstić information content (AvgIpc) is 3.38. The molecule has 0 saturated heterocycles. The van der Waals surface area contributed by atoms with Gasteiger partial charge in [0.1, 0.15) is 11.5 Å². The fourth-order valence-electron chi connectivity index (χ4n) is 6.68. The van der Waals surface area contributed by atoms with Crippen LogP contribution in [0.3, 0.4) is 0 Å². The Bertz CT molecular complexity index is 1460. The van der Waals surface area contributed by atoms with E-state index in [2.05, 4.69) is 34.4 Å². The summed E-state index contributed by atoms with van der Waals surface area (Å²) in [5, 5.41) is 6.06. The lowest BCUT2D eigenvalue weighted by molar-refractivity contribution is -0.129. The molecule has 2 unspecified atom stereocenters. The van der Waals surface area contributed by atoms with Crippen molar-refractivity contribution in [3.05, 3.63) is 72.6 Å². The molecule has 2 saturated carbocycles. The molecule has 2 aromatic heterocycles. The van der Waals surface area contributed by atoms with Crippen molar-refractivity contribution in [1.29, 1.82) is 0 Å². The van der Waals surface area contributed by atoms with Crippen LogP contribution < -0.4 is 10.6 Å². The van der Waals surface area contributed by atoms with Gasteiger partial charge in [0.15, 0.2) is 0 Å². The quantitative estimate of drug-likeness (QED) is 0.243. The van der Waals surface area contributed by atoms with E-state index >= 15 is 0 Å². The standard InChI is InChI=1S/C31H33N5O2.C2H6/c1-19-13-20-15-21(14-19)18-31(2,17-20)30(38)34-23-8-6-22(7-9-23)28-35-25-11-10-24(16-27(25)36-28)33-29(37)26-5-3-4-12-32-26;1-2/h3-12,16,19-21H,13-15,17-18H2,1-2H3,(H,33,37)(H,34,38)(H,35,36);1-2H3. The lowest BCUT2D eigenvalue weighted by atomic mass is 9.59. The van der Waals surface area contributed by atoms with Crippen LogP contribution in [0.5, 0.6) is 0 Å². The molecule has 7 heteroatoms. The maximum Gasteiger partial charge on any atom is 0.274 e. The van der Waals surface area contributed by atoms with Crippen molar-refractivity contribution < 1.29 is 9.59 Å². The number of fused-ring (bicyclic) bond motifs is 3. The van der Waals surface area contributed by atoms with Crippen molar-refractivity contribution >= 4 is 34.2 Å². The molecular formula is C33H39N5O2. The summed E-state index contributed by atoms with van der Waals surface area (Å²) in [6, 6.07) is 18.6. The highest BCUT2D eigenvalue weighted by atomic mass is 16.2. The first kappa shape index (κ1) is 27.6. The average molecular weight is 538 g/mol. The Morgan fingerprint density at radius 3 is 2.27 bits per heavy atom. The van der Waals surface area contributed by atoms with Gasteiger partial charge in [0.25, 0.3) is 5.91 Å². The van der Waals surface area contributed by atoms with E-state index in [9.17, 15) is 9.59 Å². The zero-order chi connectivity index (χ0) is 28.3. The van der Waals surface area contributed by atoms with Crippen LogP contribution in [0.2, 0.25) is 0 Å². The highest BCUT2D eigenvalue weighted by molar-refractivity contribution is 6.03. The molecule has 2 fully saturated rings. The van der Waals surface area contributed by atoms with Crippen LogP contribution in [0.15, 0.2) is 66.9 Å². The minimum Gasteiger partial charge on any atom is -0.338 e. The smallest absolute Gasteiger partial charge is 0.274 e. The molecule has 0 spiro atoms. The number of anilines is 2. The number of H-pyrrole nitrogens is 1. The van der Waals surface area contributed by atoms with E-state index < -0.39 is 0 Å². The fourth-order valence-corrected chi connectivity index (χ4v) is 6.68. The van der Waals surface area contributed by atoms with E-state index in [4.69, 9.17) is 4.98 Å². The molecule has 6 rings (SSSR count). The van der Waals surface area contributed by atoms with Crippen LogP contribution in [-0.4, -0.2) is 26.8 Å². The number of benzene rings is 2. The zero-order valence-corrected chi connectivity index (χ0v) is 23.8. The molecule has 3 N–H and O–H groups in total. The number of carbonyl (C=O) groups is 2. The van der Waals surface area contributed by atoms with Crippen LogP contribution in [0.25, 0.3) is 22.4 Å². The minimum absolute atomic E-state index is 0.138. The molecule has 2 bridgehead atoms. The third-order valence-corrected chi connectivity index (χ3v) is 8.22. The summed E-state index contributed by atoms with van der Waals surface area (Å²) in [7, 11) is 0. The van der Waals surface area contributed by atoms with Gasteiger partial charge in [-0.3, -0.25) is 14.6 Å². The molecular weight excluding hydrogens is 498 g/mol. The number of rotatable bonds is 5. The van der Waals surface area contributed by atoms with Crippen molar-refractivity contribution in [3.63, 3.8) is 0 Å². The molecule has 0 radical (unpaired) electrons. The monoisotopic (exact) mass is 537 g/mol. The lowest BCUT2D eigenvalue weighted by Crippen LogP contribution is -2.43. The molecule has 4 aromatic rings. The maximum atomic E-state index is 13.3. The Morgan fingerprint density at radius 1 is 0.900 bits per heavy atom. The molecule has 2 aliphatic carbocycles. The normalized spacial score (nSPS) is 23.6. The Labute approximate surface area is 236 Å². The number of pyridine rings is 1. The van der Waals surface area contributed by atoms with Gasteiger partial charge >= 0.3 is 0 Å². The number of aromatic amines is 1. The Balaban J connectivity index is 0.00000158. The molecule has 2 amide bonds. The number of nitrogens with one attached hydrogen (secondary N) is 3. The van der Waals surface area contributed by atoms with Crippen LogP contribution in [-0.2, 0) is 4.79 Å². The topological polar surface area (TPSA) is 99.8 Å². The first-order chi connectivity index (χ1) is 19.3. The van der Waals surface area contributed by atoms with Crippen molar-refractivity contribution in [1.82, 2.24) is 15.0 Å². The van der Waals surface area contributed by atoms with E-state index in [0.717, 1.165) is 46.9 Å². The zero-order valence-electron chi connectivity index (χ0n) is 23.8. The second-order valence-corrected chi connectivity index (χ2v) is 11.5. The summed E-state index contributed by atoms with van der Waals surface area (Å²) in [5.74, 6) is 2.74. The van der Waals surface area contributed by atoms with Gasteiger partial charge in [0.2, 0.25) is 5.91 Å². The SMILES string of the molecule is CC.CC1CC2CC(C1)CC(C)(C(=O)Nc1ccc(-c3nc4ccc(NC(=O)c5ccccn5)cc4[nH]3)cc1)C2. The number of carbonyl (C=O) groups excluding carboxylic acids is 2. The Morgan fingerprint density at radius 2 is 1.60 bits per heavy atom. The maximum absolute atomic E-state index is 13.3. The van der Waals surface area contributed by atoms with E-state index in [0.29, 0.717) is 23.2 Å². The van der Waals surface area contributed by atoms with Gasteiger partial charge in [0, 0.05) is 28.6 Å². The van der Waals surface area contributed by atoms with Gasteiger partial charge in [0.05, 0.1) is 11.0 Å². The first-order valence-electron chi connectivity index (χ1n) is 14.5. The van der Waals surface area contributed by atoms with Gasteiger partial charge in [-0.2, -0.15) is 0 Å². The Hall–Kier alpha value is -4.00.